The summed E-state index contributed by atoms with van der Waals surface area (Å²) in [5, 5.41) is 8.59. The third-order valence-electron chi connectivity index (χ3n) is 6.07. The highest BCUT2D eigenvalue weighted by Crippen LogP contribution is 2.43. The van der Waals surface area contributed by atoms with E-state index in [1.165, 1.54) is 6.92 Å². The van der Waals surface area contributed by atoms with Crippen molar-refractivity contribution in [3.05, 3.63) is 30.0 Å². The highest BCUT2D eigenvalue weighted by atomic mass is 16.6. The summed E-state index contributed by atoms with van der Waals surface area (Å²) in [7, 11) is 4.07. The van der Waals surface area contributed by atoms with Crippen molar-refractivity contribution in [1.82, 2.24) is 24.8 Å². The second-order valence-electron chi connectivity index (χ2n) is 9.27. The Morgan fingerprint density at radius 1 is 1.29 bits per heavy atom. The number of fused-ring (bicyclic) bond motifs is 1. The van der Waals surface area contributed by atoms with Gasteiger partial charge in [-0.05, 0) is 71.9 Å². The van der Waals surface area contributed by atoms with Gasteiger partial charge in [0.15, 0.2) is 0 Å². The van der Waals surface area contributed by atoms with E-state index in [0.717, 1.165) is 36.3 Å². The fraction of sp³-hybridized carbons (Fsp3) is 0.542. The molecule has 0 N–H and O–H groups in total. The van der Waals surface area contributed by atoms with Gasteiger partial charge in [-0.15, -0.1) is 5.10 Å². The lowest BCUT2D eigenvalue weighted by Gasteiger charge is -2.44. The van der Waals surface area contributed by atoms with Crippen LogP contribution < -0.4 is 4.90 Å². The maximum absolute atomic E-state index is 12.7. The van der Waals surface area contributed by atoms with Crippen molar-refractivity contribution < 1.29 is 19.1 Å². The van der Waals surface area contributed by atoms with E-state index in [2.05, 4.69) is 15.2 Å². The number of ether oxygens (including phenoxy) is 1. The molecule has 1 aliphatic heterocycles. The number of aryl methyl sites for hydroxylation is 1. The van der Waals surface area contributed by atoms with Gasteiger partial charge in [-0.25, -0.2) is 4.79 Å². The molecule has 0 saturated heterocycles. The molecule has 2 atom stereocenters. The molecule has 2 aromatic rings. The van der Waals surface area contributed by atoms with Crippen molar-refractivity contribution in [1.29, 1.82) is 0 Å². The molecule has 0 fully saturated rings. The first kappa shape index (κ1) is 25.4. The Labute approximate surface area is 200 Å². The van der Waals surface area contributed by atoms with Crippen molar-refractivity contribution in [2.75, 3.05) is 25.5 Å². The highest BCUT2D eigenvalue weighted by Gasteiger charge is 2.39. The van der Waals surface area contributed by atoms with E-state index in [0.29, 0.717) is 12.1 Å². The van der Waals surface area contributed by atoms with Gasteiger partial charge in [-0.1, -0.05) is 11.3 Å². The first-order valence-electron chi connectivity index (χ1n) is 11.6. The van der Waals surface area contributed by atoms with Gasteiger partial charge in [0, 0.05) is 36.8 Å². The summed E-state index contributed by atoms with van der Waals surface area (Å²) in [5.74, 6) is -0.0710. The molecule has 0 radical (unpaired) electrons. The molecule has 1 aliphatic rings. The quantitative estimate of drug-likeness (QED) is 0.432. The molecule has 0 spiro atoms. The van der Waals surface area contributed by atoms with E-state index < -0.39 is 6.09 Å². The third-order valence-corrected chi connectivity index (χ3v) is 6.07. The Morgan fingerprint density at radius 2 is 2.03 bits per heavy atom. The van der Waals surface area contributed by atoms with Crippen molar-refractivity contribution in [3.63, 3.8) is 0 Å². The fourth-order valence-electron chi connectivity index (χ4n) is 4.63. The van der Waals surface area contributed by atoms with Crippen LogP contribution in [0.2, 0.25) is 0 Å². The minimum Gasteiger partial charge on any atom is -0.379 e. The van der Waals surface area contributed by atoms with Crippen LogP contribution in [-0.4, -0.2) is 76.0 Å². The molecule has 10 nitrogen and oxygen atoms in total. The van der Waals surface area contributed by atoms with E-state index >= 15 is 0 Å². The summed E-state index contributed by atoms with van der Waals surface area (Å²) in [6, 6.07) is 5.04. The average Bonchev–Trinajstić information content (AvgIpc) is 3.22. The molecule has 2 amide bonds. The van der Waals surface area contributed by atoms with E-state index in [1.54, 1.807) is 9.80 Å². The lowest BCUT2D eigenvalue weighted by atomic mass is 9.88. The number of hydrogen-bond acceptors (Lipinski definition) is 7. The fourth-order valence-corrected chi connectivity index (χ4v) is 4.63. The molecule has 1 aromatic carbocycles. The van der Waals surface area contributed by atoms with E-state index in [-0.39, 0.29) is 30.5 Å². The summed E-state index contributed by atoms with van der Waals surface area (Å²) in [4.78, 5) is 41.5. The Kier molecular flexibility index (Phi) is 8.03. The van der Waals surface area contributed by atoms with E-state index in [1.807, 2.05) is 63.9 Å². The van der Waals surface area contributed by atoms with Gasteiger partial charge in [-0.3, -0.25) is 19.2 Å². The predicted molar refractivity (Wildman–Crippen MR) is 128 cm³/mol. The van der Waals surface area contributed by atoms with Crippen LogP contribution in [0.25, 0.3) is 11.3 Å². The lowest BCUT2D eigenvalue weighted by molar-refractivity contribution is -0.124. The van der Waals surface area contributed by atoms with Crippen LogP contribution in [0.1, 0.15) is 52.1 Å². The van der Waals surface area contributed by atoms with Gasteiger partial charge < -0.3 is 14.5 Å². The smallest absolute Gasteiger partial charge is 0.379 e. The van der Waals surface area contributed by atoms with Crippen molar-refractivity contribution in [2.45, 2.75) is 65.2 Å². The summed E-state index contributed by atoms with van der Waals surface area (Å²) in [5.41, 5.74) is 3.10. The summed E-state index contributed by atoms with van der Waals surface area (Å²) < 4.78 is 6.53. The summed E-state index contributed by atoms with van der Waals surface area (Å²) in [6.07, 6.45) is 2.66. The van der Waals surface area contributed by atoms with Crippen LogP contribution in [-0.2, 0) is 20.9 Å². The predicted octanol–water partition coefficient (Wildman–Crippen LogP) is 3.09. The monoisotopic (exact) mass is 470 g/mol. The third kappa shape index (κ3) is 5.44. The van der Waals surface area contributed by atoms with Crippen LogP contribution in [0.15, 0.2) is 24.4 Å². The second-order valence-corrected chi connectivity index (χ2v) is 9.27. The van der Waals surface area contributed by atoms with Crippen LogP contribution >= 0.6 is 0 Å². The van der Waals surface area contributed by atoms with Crippen LogP contribution in [0.5, 0.6) is 0 Å². The molecule has 3 rings (SSSR count). The highest BCUT2D eigenvalue weighted by molar-refractivity contribution is 5.94. The van der Waals surface area contributed by atoms with Gasteiger partial charge in [0.2, 0.25) is 5.91 Å². The minimum atomic E-state index is -0.707. The van der Waals surface area contributed by atoms with Crippen LogP contribution in [0.4, 0.5) is 10.5 Å². The van der Waals surface area contributed by atoms with Crippen molar-refractivity contribution >= 4 is 24.2 Å². The molecule has 1 aromatic heterocycles. The van der Waals surface area contributed by atoms with Gasteiger partial charge in [0.05, 0.1) is 12.2 Å². The van der Waals surface area contributed by atoms with Gasteiger partial charge in [-0.2, -0.15) is 0 Å². The number of anilines is 1. The van der Waals surface area contributed by atoms with Crippen molar-refractivity contribution in [2.24, 2.45) is 0 Å². The molecule has 2 heterocycles. The van der Waals surface area contributed by atoms with Crippen LogP contribution in [0.3, 0.4) is 0 Å². The molecule has 10 heteroatoms. The average molecular weight is 471 g/mol. The molecule has 0 saturated carbocycles. The Balaban J connectivity index is 2.01. The molecule has 0 bridgehead atoms. The SMILES string of the molecule is CC(=O)N1c2ccc(-c3cn(CCCN(C)C)nn3)cc2[C@H](N(C(=O)OC=O)C(C)C)C[C@@H]1C. The summed E-state index contributed by atoms with van der Waals surface area (Å²) >= 11 is 0. The molecule has 0 unspecified atom stereocenters. The zero-order valence-corrected chi connectivity index (χ0v) is 20.8. The number of carbonyl (C=O) groups is 3. The first-order chi connectivity index (χ1) is 16.1. The number of aromatic nitrogens is 3. The number of nitrogens with zero attached hydrogens (tertiary/aromatic N) is 6. The lowest BCUT2D eigenvalue weighted by Crippen LogP contribution is -2.48. The molecule has 184 valence electrons. The molecule has 0 aliphatic carbocycles. The van der Waals surface area contributed by atoms with Gasteiger partial charge in [0.1, 0.15) is 5.69 Å². The number of carbonyl (C=O) groups excluding carboxylic acids is 3. The number of amides is 2. The number of rotatable bonds is 8. The topological polar surface area (TPSA) is 101 Å². The van der Waals surface area contributed by atoms with Gasteiger partial charge in [0.25, 0.3) is 0 Å². The normalized spacial score (nSPS) is 17.6. The van der Waals surface area contributed by atoms with E-state index in [4.69, 9.17) is 4.74 Å². The molecular weight excluding hydrogens is 436 g/mol. The number of benzene rings is 1. The Morgan fingerprint density at radius 3 is 2.65 bits per heavy atom. The zero-order valence-electron chi connectivity index (χ0n) is 20.8. The van der Waals surface area contributed by atoms with E-state index in [9.17, 15) is 14.4 Å². The Hall–Kier alpha value is -3.27. The Bertz CT molecular complexity index is 1030. The second kappa shape index (κ2) is 10.8. The minimum absolute atomic E-state index is 0.0710. The standard InChI is InChI=1S/C24H34N6O4/c1-16(2)29(24(33)34-15-31)23-12-17(3)30(18(4)32)22-9-8-19(13-20(22)23)21-14-28(26-25-21)11-7-10-27(5)6/h8-9,13-17,23H,7,10-12H2,1-6H3/t17-,23+/m0/s1. The number of hydrogen-bond donors (Lipinski definition) is 0. The largest absolute Gasteiger partial charge is 0.418 e. The maximum Gasteiger partial charge on any atom is 0.418 e. The zero-order chi connectivity index (χ0) is 25.0. The maximum atomic E-state index is 12.7. The first-order valence-corrected chi connectivity index (χ1v) is 11.6. The van der Waals surface area contributed by atoms with Gasteiger partial charge >= 0.3 is 12.6 Å². The summed E-state index contributed by atoms with van der Waals surface area (Å²) in [6.45, 7) is 9.10. The van der Waals surface area contributed by atoms with Crippen LogP contribution in [0, 0.1) is 0 Å². The van der Waals surface area contributed by atoms with Crippen molar-refractivity contribution in [3.8, 4) is 11.3 Å². The molecule has 34 heavy (non-hydrogen) atoms. The molecular formula is C24H34N6O4.